The summed E-state index contributed by atoms with van der Waals surface area (Å²) in [5.41, 5.74) is -0.887. The number of aromatic nitrogens is 2. The molecule has 204 valence electrons. The Hall–Kier alpha value is -3.04. The van der Waals surface area contributed by atoms with Crippen LogP contribution < -0.4 is 5.32 Å². The number of benzene rings is 1. The molecule has 0 saturated carbocycles. The Morgan fingerprint density at radius 3 is 2.32 bits per heavy atom. The highest BCUT2D eigenvalue weighted by molar-refractivity contribution is 7.55. The zero-order valence-corrected chi connectivity index (χ0v) is 23.5. The van der Waals surface area contributed by atoms with Gasteiger partial charge in [0.05, 0.1) is 31.0 Å². The fraction of sp³-hybridized carbons (Fsp3) is 0.385. The Balaban J connectivity index is 2.28. The van der Waals surface area contributed by atoms with Gasteiger partial charge in [-0.25, -0.2) is 9.36 Å². The standard InChI is InChI=1S/C26H31ClN3O7P/c1-6-35-26(33)30-20-12-11-18(27)14-19(20)21(22(30)23(31)17-10-9-13-28-15-17)29-25(32)24(16(4)5)38(34,36-7-2)37-8-3/h9-16,24H,6-8H2,1-5H3,(H,29,32). The van der Waals surface area contributed by atoms with Crippen LogP contribution in [0.1, 0.15) is 50.7 Å². The molecule has 3 rings (SSSR count). The molecule has 0 spiro atoms. The predicted octanol–water partition coefficient (Wildman–Crippen LogP) is 6.15. The zero-order valence-electron chi connectivity index (χ0n) is 21.9. The van der Waals surface area contributed by atoms with Gasteiger partial charge in [-0.3, -0.25) is 19.1 Å². The number of anilines is 1. The molecule has 0 aliphatic rings. The van der Waals surface area contributed by atoms with E-state index in [2.05, 4.69) is 10.3 Å². The van der Waals surface area contributed by atoms with Gasteiger partial charge in [-0.15, -0.1) is 0 Å². The van der Waals surface area contributed by atoms with Crippen LogP contribution in [0.15, 0.2) is 42.7 Å². The van der Waals surface area contributed by atoms with Crippen molar-refractivity contribution in [1.82, 2.24) is 9.55 Å². The smallest absolute Gasteiger partial charge is 0.419 e. The Morgan fingerprint density at radius 2 is 1.76 bits per heavy atom. The van der Waals surface area contributed by atoms with Crippen molar-refractivity contribution in [2.45, 2.75) is 40.3 Å². The van der Waals surface area contributed by atoms with Gasteiger partial charge in [0.2, 0.25) is 11.7 Å². The molecule has 2 heterocycles. The Kier molecular flexibility index (Phi) is 9.84. The molecule has 0 saturated heterocycles. The average Bonchev–Trinajstić information content (AvgIpc) is 3.17. The van der Waals surface area contributed by atoms with Gasteiger partial charge in [0.1, 0.15) is 11.4 Å². The van der Waals surface area contributed by atoms with Gasteiger partial charge < -0.3 is 19.1 Å². The highest BCUT2D eigenvalue weighted by Crippen LogP contribution is 2.56. The number of hydrogen-bond acceptors (Lipinski definition) is 8. The van der Waals surface area contributed by atoms with Crippen molar-refractivity contribution in [3.05, 3.63) is 59.0 Å². The second-order valence-electron chi connectivity index (χ2n) is 8.54. The van der Waals surface area contributed by atoms with E-state index in [4.69, 9.17) is 25.4 Å². The number of nitrogens with one attached hydrogen (secondary N) is 1. The summed E-state index contributed by atoms with van der Waals surface area (Å²) in [5, 5.41) is 3.38. The lowest BCUT2D eigenvalue weighted by molar-refractivity contribution is -0.116. The average molecular weight is 564 g/mol. The van der Waals surface area contributed by atoms with E-state index in [0.29, 0.717) is 10.4 Å². The third-order valence-electron chi connectivity index (χ3n) is 5.63. The number of carbonyl (C=O) groups excluding carboxylic acids is 3. The lowest BCUT2D eigenvalue weighted by Crippen LogP contribution is -2.34. The molecule has 12 heteroatoms. The Bertz CT molecular complexity index is 1360. The summed E-state index contributed by atoms with van der Waals surface area (Å²) in [5.74, 6) is -1.75. The molecule has 38 heavy (non-hydrogen) atoms. The molecule has 10 nitrogen and oxygen atoms in total. The van der Waals surface area contributed by atoms with Crippen LogP contribution in [0, 0.1) is 5.92 Å². The number of hydrogen-bond donors (Lipinski definition) is 1. The summed E-state index contributed by atoms with van der Waals surface area (Å²) in [7, 11) is -3.90. The highest BCUT2D eigenvalue weighted by atomic mass is 35.5. The summed E-state index contributed by atoms with van der Waals surface area (Å²) in [6.45, 7) is 8.56. The zero-order chi connectivity index (χ0) is 28.0. The van der Waals surface area contributed by atoms with Crippen LogP contribution in [0.25, 0.3) is 10.9 Å². The normalized spacial score (nSPS) is 12.5. The minimum Gasteiger partial charge on any atom is -0.449 e. The lowest BCUT2D eigenvalue weighted by Gasteiger charge is -2.28. The maximum Gasteiger partial charge on any atom is 0.419 e. The summed E-state index contributed by atoms with van der Waals surface area (Å²) >= 11 is 6.28. The first kappa shape index (κ1) is 29.5. The first-order chi connectivity index (χ1) is 18.1. The van der Waals surface area contributed by atoms with Gasteiger partial charge in [0.15, 0.2) is 0 Å². The van der Waals surface area contributed by atoms with E-state index in [0.717, 1.165) is 4.57 Å². The Labute approximate surface area is 226 Å². The maximum absolute atomic E-state index is 13.8. The topological polar surface area (TPSA) is 126 Å². The fourth-order valence-corrected chi connectivity index (χ4v) is 6.55. The van der Waals surface area contributed by atoms with Crippen molar-refractivity contribution in [3.63, 3.8) is 0 Å². The quantitative estimate of drug-likeness (QED) is 0.217. The van der Waals surface area contributed by atoms with E-state index in [1.54, 1.807) is 52.8 Å². The summed E-state index contributed by atoms with van der Waals surface area (Å²) in [6.07, 6.45) is 2.04. The molecule has 1 unspecified atom stereocenters. The molecule has 0 bridgehead atoms. The van der Waals surface area contributed by atoms with Crippen molar-refractivity contribution in [2.75, 3.05) is 25.1 Å². The predicted molar refractivity (Wildman–Crippen MR) is 145 cm³/mol. The van der Waals surface area contributed by atoms with E-state index >= 15 is 0 Å². The number of carbonyl (C=O) groups is 3. The molecule has 1 amide bonds. The number of ether oxygens (including phenoxy) is 1. The molecule has 0 fully saturated rings. The van der Waals surface area contributed by atoms with Crippen LogP contribution in [0.2, 0.25) is 5.02 Å². The number of rotatable bonds is 11. The van der Waals surface area contributed by atoms with E-state index < -0.39 is 37.0 Å². The van der Waals surface area contributed by atoms with E-state index in [1.165, 1.54) is 24.5 Å². The molecule has 2 aromatic heterocycles. The van der Waals surface area contributed by atoms with Crippen LogP contribution >= 0.6 is 19.2 Å². The minimum atomic E-state index is -3.90. The third kappa shape index (κ3) is 5.99. The number of amides is 1. The van der Waals surface area contributed by atoms with Gasteiger partial charge in [0, 0.05) is 28.4 Å². The van der Waals surface area contributed by atoms with Crippen LogP contribution in [0.5, 0.6) is 0 Å². The number of pyridine rings is 1. The van der Waals surface area contributed by atoms with Gasteiger partial charge in [0.25, 0.3) is 0 Å². The van der Waals surface area contributed by atoms with E-state index in [9.17, 15) is 18.9 Å². The number of nitrogens with zero attached hydrogens (tertiary/aromatic N) is 2. The largest absolute Gasteiger partial charge is 0.449 e. The minimum absolute atomic E-state index is 0.0135. The number of halogens is 1. The molecule has 1 aromatic carbocycles. The molecule has 1 atom stereocenters. The van der Waals surface area contributed by atoms with Crippen molar-refractivity contribution in [3.8, 4) is 0 Å². The lowest BCUT2D eigenvalue weighted by atomic mass is 10.1. The van der Waals surface area contributed by atoms with Crippen molar-refractivity contribution in [2.24, 2.45) is 5.92 Å². The van der Waals surface area contributed by atoms with Gasteiger partial charge in [-0.2, -0.15) is 0 Å². The van der Waals surface area contributed by atoms with Crippen molar-refractivity contribution >= 4 is 53.6 Å². The molecular weight excluding hydrogens is 533 g/mol. The highest BCUT2D eigenvalue weighted by Gasteiger charge is 2.44. The van der Waals surface area contributed by atoms with Crippen molar-refractivity contribution in [1.29, 1.82) is 0 Å². The monoisotopic (exact) mass is 563 g/mol. The molecule has 0 aliphatic heterocycles. The van der Waals surface area contributed by atoms with Crippen LogP contribution in [0.4, 0.5) is 10.5 Å². The van der Waals surface area contributed by atoms with Gasteiger partial charge in [-0.05, 0) is 57.0 Å². The molecule has 1 N–H and O–H groups in total. The molecular formula is C26H31ClN3O7P. The van der Waals surface area contributed by atoms with Crippen LogP contribution in [-0.2, 0) is 23.1 Å². The molecule has 0 aliphatic carbocycles. The third-order valence-corrected chi connectivity index (χ3v) is 8.61. The Morgan fingerprint density at radius 1 is 1.08 bits per heavy atom. The number of fused-ring (bicyclic) bond motifs is 1. The second kappa shape index (κ2) is 12.7. The number of ketones is 1. The van der Waals surface area contributed by atoms with Crippen LogP contribution in [-0.4, -0.2) is 52.8 Å². The first-order valence-corrected chi connectivity index (χ1v) is 14.2. The van der Waals surface area contributed by atoms with Gasteiger partial charge in [-0.1, -0.05) is 25.4 Å². The SMILES string of the molecule is CCOC(=O)n1c(C(=O)c2cccnc2)c(NC(=O)C(C(C)C)P(=O)(OCC)OCC)c2cc(Cl)ccc21. The van der Waals surface area contributed by atoms with Crippen molar-refractivity contribution < 1.29 is 32.7 Å². The summed E-state index contributed by atoms with van der Waals surface area (Å²) in [6, 6.07) is 7.75. The second-order valence-corrected chi connectivity index (χ2v) is 11.1. The molecule has 3 aromatic rings. The van der Waals surface area contributed by atoms with E-state index in [1.807, 2.05) is 0 Å². The maximum atomic E-state index is 13.8. The molecule has 0 radical (unpaired) electrons. The van der Waals surface area contributed by atoms with E-state index in [-0.39, 0.29) is 42.3 Å². The summed E-state index contributed by atoms with van der Waals surface area (Å²) < 4.78 is 31.0. The fourth-order valence-electron chi connectivity index (χ4n) is 4.18. The first-order valence-electron chi connectivity index (χ1n) is 12.2. The summed E-state index contributed by atoms with van der Waals surface area (Å²) in [4.78, 5) is 44.7. The van der Waals surface area contributed by atoms with Gasteiger partial charge >= 0.3 is 13.7 Å². The van der Waals surface area contributed by atoms with Crippen LogP contribution in [0.3, 0.4) is 0 Å².